The summed E-state index contributed by atoms with van der Waals surface area (Å²) in [5.41, 5.74) is 1.24. The van der Waals surface area contributed by atoms with Crippen molar-refractivity contribution in [3.63, 3.8) is 0 Å². The predicted octanol–water partition coefficient (Wildman–Crippen LogP) is 1.77. The van der Waals surface area contributed by atoms with Crippen molar-refractivity contribution in [1.82, 2.24) is 5.32 Å². The van der Waals surface area contributed by atoms with E-state index in [1.165, 1.54) is 5.56 Å². The Balaban J connectivity index is 2.41. The first-order valence-corrected chi connectivity index (χ1v) is 5.79. The summed E-state index contributed by atoms with van der Waals surface area (Å²) in [6.07, 6.45) is 0. The van der Waals surface area contributed by atoms with Gasteiger partial charge >= 0.3 is 0 Å². The van der Waals surface area contributed by atoms with E-state index < -0.39 is 0 Å². The normalized spacial score (nSPS) is 10.8. The molecule has 0 heterocycles. The molecule has 0 amide bonds. The smallest absolute Gasteiger partial charge is 0.122 e. The van der Waals surface area contributed by atoms with E-state index in [9.17, 15) is 0 Å². The van der Waals surface area contributed by atoms with E-state index in [-0.39, 0.29) is 6.61 Å². The monoisotopic (exact) mass is 223 g/mol. The molecule has 90 valence electrons. The van der Waals surface area contributed by atoms with Crippen molar-refractivity contribution in [2.24, 2.45) is 0 Å². The summed E-state index contributed by atoms with van der Waals surface area (Å²) in [7, 11) is 0. The van der Waals surface area contributed by atoms with Gasteiger partial charge in [-0.1, -0.05) is 32.0 Å². The van der Waals surface area contributed by atoms with Gasteiger partial charge in [-0.05, 0) is 17.5 Å². The van der Waals surface area contributed by atoms with Crippen LogP contribution < -0.4 is 10.1 Å². The molecule has 0 spiro atoms. The Morgan fingerprint density at radius 1 is 1.25 bits per heavy atom. The molecule has 0 aromatic heterocycles. The number of nitrogens with one attached hydrogen (secondary N) is 1. The molecule has 3 nitrogen and oxygen atoms in total. The average molecular weight is 223 g/mol. The lowest BCUT2D eigenvalue weighted by molar-refractivity contribution is 0.275. The van der Waals surface area contributed by atoms with Crippen molar-refractivity contribution in [3.8, 4) is 5.75 Å². The first kappa shape index (κ1) is 13.0. The number of hydrogen-bond donors (Lipinski definition) is 2. The molecule has 0 saturated heterocycles. The van der Waals surface area contributed by atoms with Crippen molar-refractivity contribution >= 4 is 0 Å². The number of para-hydroxylation sites is 1. The van der Waals surface area contributed by atoms with E-state index in [0.717, 1.165) is 12.3 Å². The number of ether oxygens (including phenoxy) is 1. The van der Waals surface area contributed by atoms with Crippen LogP contribution in [0.5, 0.6) is 5.75 Å². The fourth-order valence-corrected chi connectivity index (χ4v) is 1.53. The number of aliphatic hydroxyl groups excluding tert-OH is 1. The zero-order valence-corrected chi connectivity index (χ0v) is 10.1. The van der Waals surface area contributed by atoms with Crippen LogP contribution in [0, 0.1) is 0 Å². The minimum absolute atomic E-state index is 0.169. The van der Waals surface area contributed by atoms with Gasteiger partial charge in [-0.3, -0.25) is 0 Å². The van der Waals surface area contributed by atoms with Crippen LogP contribution in [0.1, 0.15) is 25.3 Å². The second kappa shape index (κ2) is 7.25. The van der Waals surface area contributed by atoms with Crippen molar-refractivity contribution in [3.05, 3.63) is 29.8 Å². The average Bonchev–Trinajstić information content (AvgIpc) is 2.29. The van der Waals surface area contributed by atoms with E-state index in [0.29, 0.717) is 19.1 Å². The van der Waals surface area contributed by atoms with Gasteiger partial charge in [0, 0.05) is 13.1 Å². The molecule has 0 fully saturated rings. The lowest BCUT2D eigenvalue weighted by Gasteiger charge is -2.13. The van der Waals surface area contributed by atoms with E-state index in [1.54, 1.807) is 0 Å². The maximum absolute atomic E-state index is 8.60. The molecular weight excluding hydrogens is 202 g/mol. The molecule has 0 saturated carbocycles. The van der Waals surface area contributed by atoms with Gasteiger partial charge in [-0.15, -0.1) is 0 Å². The quantitative estimate of drug-likeness (QED) is 0.692. The predicted molar refractivity (Wildman–Crippen MR) is 66.0 cm³/mol. The fourth-order valence-electron chi connectivity index (χ4n) is 1.53. The van der Waals surface area contributed by atoms with Crippen molar-refractivity contribution in [2.45, 2.75) is 19.8 Å². The molecular formula is C13H21NO2. The second-order valence-corrected chi connectivity index (χ2v) is 4.01. The topological polar surface area (TPSA) is 41.5 Å². The summed E-state index contributed by atoms with van der Waals surface area (Å²) >= 11 is 0. The highest BCUT2D eigenvalue weighted by Gasteiger charge is 2.05. The van der Waals surface area contributed by atoms with Gasteiger partial charge < -0.3 is 15.2 Å². The largest absolute Gasteiger partial charge is 0.492 e. The Hall–Kier alpha value is -1.06. The molecule has 0 aliphatic heterocycles. The third-order valence-electron chi connectivity index (χ3n) is 2.37. The van der Waals surface area contributed by atoms with Crippen LogP contribution in [0.3, 0.4) is 0 Å². The Labute approximate surface area is 97.4 Å². The maximum atomic E-state index is 8.60. The maximum Gasteiger partial charge on any atom is 0.122 e. The van der Waals surface area contributed by atoms with Gasteiger partial charge in [-0.2, -0.15) is 0 Å². The minimum Gasteiger partial charge on any atom is -0.492 e. The third-order valence-corrected chi connectivity index (χ3v) is 2.37. The lowest BCUT2D eigenvalue weighted by atomic mass is 10.0. The van der Waals surface area contributed by atoms with Crippen LogP contribution in [-0.2, 0) is 0 Å². The molecule has 1 rings (SSSR count). The molecule has 0 aliphatic carbocycles. The fraction of sp³-hybridized carbons (Fsp3) is 0.538. The summed E-state index contributed by atoms with van der Waals surface area (Å²) < 4.78 is 5.70. The number of rotatable bonds is 7. The number of hydrogen-bond acceptors (Lipinski definition) is 3. The molecule has 0 atom stereocenters. The van der Waals surface area contributed by atoms with Crippen LogP contribution in [0.4, 0.5) is 0 Å². The van der Waals surface area contributed by atoms with Gasteiger partial charge in [0.1, 0.15) is 12.4 Å². The highest BCUT2D eigenvalue weighted by Crippen LogP contribution is 2.25. The van der Waals surface area contributed by atoms with Crippen LogP contribution in [0.25, 0.3) is 0 Å². The molecule has 0 unspecified atom stereocenters. The summed E-state index contributed by atoms with van der Waals surface area (Å²) in [5, 5.41) is 11.7. The Kier molecular flexibility index (Phi) is 5.90. The molecule has 1 aromatic rings. The first-order valence-electron chi connectivity index (χ1n) is 5.79. The van der Waals surface area contributed by atoms with E-state index >= 15 is 0 Å². The van der Waals surface area contributed by atoms with Crippen LogP contribution >= 0.6 is 0 Å². The second-order valence-electron chi connectivity index (χ2n) is 4.01. The standard InChI is InChI=1S/C13H21NO2/c1-11(2)12-5-3-4-6-13(12)16-10-8-14-7-9-15/h3-6,11,14-15H,7-10H2,1-2H3. The minimum atomic E-state index is 0.169. The molecule has 0 radical (unpaired) electrons. The Morgan fingerprint density at radius 3 is 2.69 bits per heavy atom. The summed E-state index contributed by atoms with van der Waals surface area (Å²) in [6.45, 7) is 6.49. The van der Waals surface area contributed by atoms with Gasteiger partial charge in [0.2, 0.25) is 0 Å². The SMILES string of the molecule is CC(C)c1ccccc1OCCNCCO. The third kappa shape index (κ3) is 4.21. The van der Waals surface area contributed by atoms with Crippen molar-refractivity contribution in [2.75, 3.05) is 26.3 Å². The Bertz CT molecular complexity index is 300. The molecule has 16 heavy (non-hydrogen) atoms. The lowest BCUT2D eigenvalue weighted by Crippen LogP contribution is -2.24. The summed E-state index contributed by atoms with van der Waals surface area (Å²) in [6, 6.07) is 8.12. The Morgan fingerprint density at radius 2 is 2.00 bits per heavy atom. The number of benzene rings is 1. The summed E-state index contributed by atoms with van der Waals surface area (Å²) in [4.78, 5) is 0. The van der Waals surface area contributed by atoms with Gasteiger partial charge in [-0.25, -0.2) is 0 Å². The first-order chi connectivity index (χ1) is 7.75. The number of aliphatic hydroxyl groups is 1. The van der Waals surface area contributed by atoms with Crippen LogP contribution in [-0.4, -0.2) is 31.4 Å². The van der Waals surface area contributed by atoms with Crippen molar-refractivity contribution in [1.29, 1.82) is 0 Å². The van der Waals surface area contributed by atoms with E-state index in [4.69, 9.17) is 9.84 Å². The van der Waals surface area contributed by atoms with Crippen LogP contribution in [0.2, 0.25) is 0 Å². The molecule has 0 bridgehead atoms. The van der Waals surface area contributed by atoms with Gasteiger partial charge in [0.05, 0.1) is 6.61 Å². The van der Waals surface area contributed by atoms with Crippen molar-refractivity contribution < 1.29 is 9.84 Å². The van der Waals surface area contributed by atoms with Gasteiger partial charge in [0.15, 0.2) is 0 Å². The zero-order chi connectivity index (χ0) is 11.8. The highest BCUT2D eigenvalue weighted by atomic mass is 16.5. The van der Waals surface area contributed by atoms with Gasteiger partial charge in [0.25, 0.3) is 0 Å². The molecule has 0 aliphatic rings. The highest BCUT2D eigenvalue weighted by molar-refractivity contribution is 5.35. The zero-order valence-electron chi connectivity index (χ0n) is 10.1. The van der Waals surface area contributed by atoms with E-state index in [2.05, 4.69) is 25.2 Å². The molecule has 1 aromatic carbocycles. The molecule has 3 heteroatoms. The molecule has 2 N–H and O–H groups in total. The van der Waals surface area contributed by atoms with E-state index in [1.807, 2.05) is 18.2 Å². The summed E-state index contributed by atoms with van der Waals surface area (Å²) in [5.74, 6) is 1.44. The van der Waals surface area contributed by atoms with Crippen LogP contribution in [0.15, 0.2) is 24.3 Å².